The summed E-state index contributed by atoms with van der Waals surface area (Å²) in [6.07, 6.45) is 8.30. The first-order chi connectivity index (χ1) is 5.72. The molecule has 0 saturated heterocycles. The summed E-state index contributed by atoms with van der Waals surface area (Å²) in [4.78, 5) is 11.0. The molecule has 0 aromatic carbocycles. The first-order valence-corrected chi connectivity index (χ1v) is 5.19. The van der Waals surface area contributed by atoms with Crippen LogP contribution in [0.2, 0.25) is 0 Å². The van der Waals surface area contributed by atoms with E-state index in [0.717, 1.165) is 31.6 Å². The standard InChI is InChI=1S/C11H20O/c1-3-6-11(9-12)7-4-5-10(2)8-11/h9-10H,3-8H2,1-2H3. The van der Waals surface area contributed by atoms with Crippen LogP contribution in [0.25, 0.3) is 0 Å². The molecule has 0 amide bonds. The molecular formula is C11H20O. The van der Waals surface area contributed by atoms with Gasteiger partial charge in [0.25, 0.3) is 0 Å². The van der Waals surface area contributed by atoms with Gasteiger partial charge in [-0.05, 0) is 25.2 Å². The smallest absolute Gasteiger partial charge is 0.126 e. The Kier molecular flexibility index (Phi) is 3.30. The number of carbonyl (C=O) groups excluding carboxylic acids is 1. The summed E-state index contributed by atoms with van der Waals surface area (Å²) in [6, 6.07) is 0. The summed E-state index contributed by atoms with van der Waals surface area (Å²) < 4.78 is 0. The molecular weight excluding hydrogens is 148 g/mol. The molecule has 0 N–H and O–H groups in total. The molecule has 2 unspecified atom stereocenters. The van der Waals surface area contributed by atoms with Crippen LogP contribution in [0.3, 0.4) is 0 Å². The van der Waals surface area contributed by atoms with Crippen molar-refractivity contribution >= 4 is 6.29 Å². The molecule has 0 heterocycles. The summed E-state index contributed by atoms with van der Waals surface area (Å²) in [6.45, 7) is 4.44. The minimum atomic E-state index is 0.0619. The topological polar surface area (TPSA) is 17.1 Å². The molecule has 0 aromatic rings. The first kappa shape index (κ1) is 9.76. The normalized spacial score (nSPS) is 36.3. The second kappa shape index (κ2) is 4.06. The van der Waals surface area contributed by atoms with Gasteiger partial charge in [-0.25, -0.2) is 0 Å². The molecule has 1 rings (SSSR count). The monoisotopic (exact) mass is 168 g/mol. The third-order valence-corrected chi connectivity index (χ3v) is 3.12. The molecule has 1 saturated carbocycles. The van der Waals surface area contributed by atoms with Crippen LogP contribution in [0.4, 0.5) is 0 Å². The number of aldehydes is 1. The highest BCUT2D eigenvalue weighted by atomic mass is 16.1. The van der Waals surface area contributed by atoms with Crippen molar-refractivity contribution in [3.63, 3.8) is 0 Å². The summed E-state index contributed by atoms with van der Waals surface area (Å²) in [7, 11) is 0. The fourth-order valence-corrected chi connectivity index (χ4v) is 2.59. The average Bonchev–Trinajstić information content (AvgIpc) is 2.05. The largest absolute Gasteiger partial charge is 0.303 e. The third kappa shape index (κ3) is 2.09. The first-order valence-electron chi connectivity index (χ1n) is 5.19. The molecule has 70 valence electrons. The van der Waals surface area contributed by atoms with Gasteiger partial charge < -0.3 is 4.79 Å². The Morgan fingerprint density at radius 2 is 2.33 bits per heavy atom. The molecule has 1 heteroatoms. The van der Waals surface area contributed by atoms with Gasteiger partial charge in [0, 0.05) is 5.41 Å². The Morgan fingerprint density at radius 1 is 1.58 bits per heavy atom. The van der Waals surface area contributed by atoms with Crippen molar-refractivity contribution in [3.8, 4) is 0 Å². The Hall–Kier alpha value is -0.330. The fraction of sp³-hybridized carbons (Fsp3) is 0.909. The van der Waals surface area contributed by atoms with E-state index in [0.29, 0.717) is 0 Å². The van der Waals surface area contributed by atoms with Crippen molar-refractivity contribution in [3.05, 3.63) is 0 Å². The number of rotatable bonds is 3. The summed E-state index contributed by atoms with van der Waals surface area (Å²) in [5, 5.41) is 0. The molecule has 0 radical (unpaired) electrons. The van der Waals surface area contributed by atoms with Gasteiger partial charge in [0.05, 0.1) is 0 Å². The minimum absolute atomic E-state index is 0.0619. The maximum atomic E-state index is 11.0. The highest BCUT2D eigenvalue weighted by Gasteiger charge is 2.33. The van der Waals surface area contributed by atoms with E-state index in [4.69, 9.17) is 0 Å². The molecule has 2 atom stereocenters. The third-order valence-electron chi connectivity index (χ3n) is 3.12. The summed E-state index contributed by atoms with van der Waals surface area (Å²) in [5.41, 5.74) is 0.0619. The van der Waals surface area contributed by atoms with Gasteiger partial charge in [0.15, 0.2) is 0 Å². The van der Waals surface area contributed by atoms with Crippen molar-refractivity contribution in [2.24, 2.45) is 11.3 Å². The Balaban J connectivity index is 2.57. The van der Waals surface area contributed by atoms with Crippen LogP contribution in [0.5, 0.6) is 0 Å². The van der Waals surface area contributed by atoms with Crippen LogP contribution < -0.4 is 0 Å². The second-order valence-corrected chi connectivity index (χ2v) is 4.43. The van der Waals surface area contributed by atoms with E-state index in [9.17, 15) is 4.79 Å². The van der Waals surface area contributed by atoms with Crippen molar-refractivity contribution in [2.45, 2.75) is 52.4 Å². The van der Waals surface area contributed by atoms with Gasteiger partial charge in [0.1, 0.15) is 6.29 Å². The minimum Gasteiger partial charge on any atom is -0.303 e. The lowest BCUT2D eigenvalue weighted by atomic mass is 9.69. The van der Waals surface area contributed by atoms with Crippen molar-refractivity contribution in [1.82, 2.24) is 0 Å². The highest BCUT2D eigenvalue weighted by molar-refractivity contribution is 5.59. The quantitative estimate of drug-likeness (QED) is 0.591. The van der Waals surface area contributed by atoms with Crippen molar-refractivity contribution in [1.29, 1.82) is 0 Å². The zero-order valence-corrected chi connectivity index (χ0v) is 8.31. The molecule has 0 bridgehead atoms. The van der Waals surface area contributed by atoms with Crippen LogP contribution >= 0.6 is 0 Å². The van der Waals surface area contributed by atoms with Gasteiger partial charge in [-0.3, -0.25) is 0 Å². The zero-order chi connectivity index (χ0) is 9.03. The predicted molar refractivity (Wildman–Crippen MR) is 51.0 cm³/mol. The predicted octanol–water partition coefficient (Wildman–Crippen LogP) is 3.18. The van der Waals surface area contributed by atoms with Crippen LogP contribution in [-0.4, -0.2) is 6.29 Å². The molecule has 0 aliphatic heterocycles. The molecule has 0 spiro atoms. The van der Waals surface area contributed by atoms with Crippen LogP contribution in [0.15, 0.2) is 0 Å². The SMILES string of the molecule is CCCC1(C=O)CCCC(C)C1. The van der Waals surface area contributed by atoms with Crippen LogP contribution in [-0.2, 0) is 4.79 Å². The van der Waals surface area contributed by atoms with E-state index in [-0.39, 0.29) is 5.41 Å². The summed E-state index contributed by atoms with van der Waals surface area (Å²) >= 11 is 0. The Bertz CT molecular complexity index is 149. The van der Waals surface area contributed by atoms with E-state index >= 15 is 0 Å². The average molecular weight is 168 g/mol. The molecule has 1 fully saturated rings. The van der Waals surface area contributed by atoms with E-state index in [1.807, 2.05) is 0 Å². The lowest BCUT2D eigenvalue weighted by molar-refractivity contribution is -0.119. The molecule has 1 nitrogen and oxygen atoms in total. The maximum Gasteiger partial charge on any atom is 0.126 e. The van der Waals surface area contributed by atoms with E-state index in [1.165, 1.54) is 19.1 Å². The number of hydrogen-bond acceptors (Lipinski definition) is 1. The Labute approximate surface area is 75.5 Å². The molecule has 1 aliphatic carbocycles. The van der Waals surface area contributed by atoms with Crippen LogP contribution in [0, 0.1) is 11.3 Å². The van der Waals surface area contributed by atoms with Gasteiger partial charge in [-0.2, -0.15) is 0 Å². The second-order valence-electron chi connectivity index (χ2n) is 4.43. The molecule has 1 aliphatic rings. The van der Waals surface area contributed by atoms with Crippen molar-refractivity contribution < 1.29 is 4.79 Å². The summed E-state index contributed by atoms with van der Waals surface area (Å²) in [5.74, 6) is 0.760. The fourth-order valence-electron chi connectivity index (χ4n) is 2.59. The van der Waals surface area contributed by atoms with Gasteiger partial charge in [0.2, 0.25) is 0 Å². The van der Waals surface area contributed by atoms with Gasteiger partial charge in [-0.1, -0.05) is 33.1 Å². The molecule has 0 aromatic heterocycles. The van der Waals surface area contributed by atoms with E-state index in [1.54, 1.807) is 0 Å². The lowest BCUT2D eigenvalue weighted by Gasteiger charge is -2.35. The zero-order valence-electron chi connectivity index (χ0n) is 8.31. The van der Waals surface area contributed by atoms with E-state index < -0.39 is 0 Å². The lowest BCUT2D eigenvalue weighted by Crippen LogP contribution is -2.29. The maximum absolute atomic E-state index is 11.0. The highest BCUT2D eigenvalue weighted by Crippen LogP contribution is 2.40. The van der Waals surface area contributed by atoms with E-state index in [2.05, 4.69) is 13.8 Å². The van der Waals surface area contributed by atoms with Gasteiger partial charge in [-0.15, -0.1) is 0 Å². The van der Waals surface area contributed by atoms with Gasteiger partial charge >= 0.3 is 0 Å². The Morgan fingerprint density at radius 3 is 2.83 bits per heavy atom. The van der Waals surface area contributed by atoms with Crippen LogP contribution in [0.1, 0.15) is 52.4 Å². The molecule has 12 heavy (non-hydrogen) atoms. The number of carbonyl (C=O) groups is 1. The number of hydrogen-bond donors (Lipinski definition) is 0. The van der Waals surface area contributed by atoms with Crippen molar-refractivity contribution in [2.75, 3.05) is 0 Å².